The summed E-state index contributed by atoms with van der Waals surface area (Å²) in [6, 6.07) is 7.47. The number of fused-ring (bicyclic) bond motifs is 1. The normalized spacial score (nSPS) is 22.7. The SMILES string of the molecule is CCN1CCN2C(/C=C(\N)c3ccccc3O)=C(N)NCC2C1. The molecule has 2 aliphatic rings. The molecule has 0 bridgehead atoms. The molecule has 23 heavy (non-hydrogen) atoms. The maximum absolute atomic E-state index is 9.97. The summed E-state index contributed by atoms with van der Waals surface area (Å²) in [6.45, 7) is 7.07. The number of nitrogens with one attached hydrogen (secondary N) is 1. The molecule has 0 aromatic heterocycles. The molecular formula is C17H25N5O. The van der Waals surface area contributed by atoms with Crippen LogP contribution in [0.5, 0.6) is 5.75 Å². The van der Waals surface area contributed by atoms with Crippen LogP contribution >= 0.6 is 0 Å². The minimum atomic E-state index is 0.177. The molecule has 2 aliphatic heterocycles. The fourth-order valence-corrected chi connectivity index (χ4v) is 3.28. The maximum Gasteiger partial charge on any atom is 0.124 e. The number of phenols is 1. The fourth-order valence-electron chi connectivity index (χ4n) is 3.28. The minimum Gasteiger partial charge on any atom is -0.507 e. The summed E-state index contributed by atoms with van der Waals surface area (Å²) >= 11 is 0. The van der Waals surface area contributed by atoms with E-state index in [4.69, 9.17) is 11.5 Å². The van der Waals surface area contributed by atoms with Crippen LogP contribution in [0, 0.1) is 0 Å². The van der Waals surface area contributed by atoms with E-state index in [2.05, 4.69) is 22.0 Å². The molecule has 1 unspecified atom stereocenters. The van der Waals surface area contributed by atoms with Gasteiger partial charge in [-0.3, -0.25) is 4.90 Å². The Morgan fingerprint density at radius 3 is 2.91 bits per heavy atom. The predicted molar refractivity (Wildman–Crippen MR) is 92.1 cm³/mol. The third kappa shape index (κ3) is 3.07. The smallest absolute Gasteiger partial charge is 0.124 e. The van der Waals surface area contributed by atoms with Gasteiger partial charge >= 0.3 is 0 Å². The summed E-state index contributed by atoms with van der Waals surface area (Å²) in [6.07, 6.45) is 1.87. The van der Waals surface area contributed by atoms with E-state index in [1.54, 1.807) is 18.2 Å². The number of hydrogen-bond donors (Lipinski definition) is 4. The average Bonchev–Trinajstić information content (AvgIpc) is 2.57. The summed E-state index contributed by atoms with van der Waals surface area (Å²) in [7, 11) is 0. The molecular weight excluding hydrogens is 290 g/mol. The third-order valence-electron chi connectivity index (χ3n) is 4.63. The highest BCUT2D eigenvalue weighted by atomic mass is 16.3. The van der Waals surface area contributed by atoms with Crippen LogP contribution in [-0.2, 0) is 0 Å². The van der Waals surface area contributed by atoms with Crippen LogP contribution in [0.3, 0.4) is 0 Å². The lowest BCUT2D eigenvalue weighted by atomic mass is 10.1. The molecule has 6 nitrogen and oxygen atoms in total. The molecule has 1 aromatic rings. The van der Waals surface area contributed by atoms with Crippen molar-refractivity contribution in [2.75, 3.05) is 32.7 Å². The zero-order valence-corrected chi connectivity index (χ0v) is 13.5. The molecule has 1 saturated heterocycles. The van der Waals surface area contributed by atoms with E-state index in [0.717, 1.165) is 38.4 Å². The number of rotatable bonds is 3. The van der Waals surface area contributed by atoms with Gasteiger partial charge < -0.3 is 26.8 Å². The molecule has 0 spiro atoms. The van der Waals surface area contributed by atoms with Gasteiger partial charge in [-0.25, -0.2) is 0 Å². The van der Waals surface area contributed by atoms with E-state index < -0.39 is 0 Å². The number of hydrogen-bond acceptors (Lipinski definition) is 6. The number of phenolic OH excluding ortho intramolecular Hbond substituents is 1. The van der Waals surface area contributed by atoms with Crippen molar-refractivity contribution in [1.29, 1.82) is 0 Å². The van der Waals surface area contributed by atoms with Gasteiger partial charge in [0.2, 0.25) is 0 Å². The van der Waals surface area contributed by atoms with Crippen molar-refractivity contribution in [2.24, 2.45) is 11.5 Å². The van der Waals surface area contributed by atoms with Gasteiger partial charge in [0.05, 0.1) is 11.7 Å². The third-order valence-corrected chi connectivity index (χ3v) is 4.63. The monoisotopic (exact) mass is 315 g/mol. The van der Waals surface area contributed by atoms with Crippen LogP contribution in [0.25, 0.3) is 5.70 Å². The molecule has 0 aliphatic carbocycles. The number of nitrogens with zero attached hydrogens (tertiary/aromatic N) is 2. The Bertz CT molecular complexity index is 640. The first-order valence-electron chi connectivity index (χ1n) is 8.08. The molecule has 6 heteroatoms. The summed E-state index contributed by atoms with van der Waals surface area (Å²) in [4.78, 5) is 4.77. The largest absolute Gasteiger partial charge is 0.507 e. The summed E-state index contributed by atoms with van der Waals surface area (Å²) < 4.78 is 0. The van der Waals surface area contributed by atoms with E-state index in [-0.39, 0.29) is 5.75 Å². The van der Waals surface area contributed by atoms with E-state index in [1.165, 1.54) is 0 Å². The Balaban J connectivity index is 1.88. The molecule has 2 heterocycles. The fraction of sp³-hybridized carbons (Fsp3) is 0.412. The zero-order chi connectivity index (χ0) is 16.4. The van der Waals surface area contributed by atoms with Crippen molar-refractivity contribution in [3.63, 3.8) is 0 Å². The number of piperazine rings is 1. The van der Waals surface area contributed by atoms with Crippen LogP contribution in [0.1, 0.15) is 12.5 Å². The molecule has 0 amide bonds. The van der Waals surface area contributed by atoms with Crippen LogP contribution in [0.4, 0.5) is 0 Å². The Labute approximate surface area is 137 Å². The number of benzene rings is 1. The van der Waals surface area contributed by atoms with Crippen LogP contribution in [0.2, 0.25) is 0 Å². The molecule has 0 radical (unpaired) electrons. The van der Waals surface area contributed by atoms with Gasteiger partial charge in [0.25, 0.3) is 0 Å². The van der Waals surface area contributed by atoms with Crippen molar-refractivity contribution in [3.05, 3.63) is 47.4 Å². The highest BCUT2D eigenvalue weighted by molar-refractivity contribution is 5.70. The molecule has 3 rings (SSSR count). The van der Waals surface area contributed by atoms with Crippen molar-refractivity contribution in [3.8, 4) is 5.75 Å². The molecule has 1 aromatic carbocycles. The van der Waals surface area contributed by atoms with Crippen molar-refractivity contribution in [2.45, 2.75) is 13.0 Å². The number of allylic oxidation sites excluding steroid dienone is 1. The van der Waals surface area contributed by atoms with E-state index >= 15 is 0 Å². The standard InChI is InChI=1S/C17H25N5O/c1-2-21-7-8-22-12(11-21)10-20-17(19)15(22)9-14(18)13-5-3-4-6-16(13)23/h3-6,9,12,20,23H,2,7-8,10-11,18-19H2,1H3/b14-9-. The Morgan fingerprint density at radius 1 is 1.39 bits per heavy atom. The molecule has 6 N–H and O–H groups in total. The average molecular weight is 315 g/mol. The van der Waals surface area contributed by atoms with Crippen molar-refractivity contribution in [1.82, 2.24) is 15.1 Å². The van der Waals surface area contributed by atoms with Crippen LogP contribution in [0.15, 0.2) is 41.9 Å². The second-order valence-electron chi connectivity index (χ2n) is 6.04. The second kappa shape index (κ2) is 6.42. The number of nitrogens with two attached hydrogens (primary N) is 2. The lowest BCUT2D eigenvalue weighted by Crippen LogP contribution is -2.59. The topological polar surface area (TPSA) is 90.8 Å². The van der Waals surface area contributed by atoms with Crippen LogP contribution < -0.4 is 16.8 Å². The van der Waals surface area contributed by atoms with Gasteiger partial charge in [-0.15, -0.1) is 0 Å². The maximum atomic E-state index is 9.97. The van der Waals surface area contributed by atoms with Gasteiger partial charge in [0, 0.05) is 37.4 Å². The quantitative estimate of drug-likeness (QED) is 0.647. The van der Waals surface area contributed by atoms with Crippen molar-refractivity contribution >= 4 is 5.70 Å². The first-order valence-corrected chi connectivity index (χ1v) is 8.08. The highest BCUT2D eigenvalue weighted by Gasteiger charge is 2.31. The van der Waals surface area contributed by atoms with E-state index in [0.29, 0.717) is 23.1 Å². The summed E-state index contributed by atoms with van der Waals surface area (Å²) in [5.41, 5.74) is 14.4. The van der Waals surface area contributed by atoms with Crippen molar-refractivity contribution < 1.29 is 5.11 Å². The molecule has 0 saturated carbocycles. The lowest BCUT2D eigenvalue weighted by molar-refractivity contribution is 0.0993. The predicted octanol–water partition coefficient (Wildman–Crippen LogP) is 0.429. The van der Waals surface area contributed by atoms with Gasteiger partial charge in [0.1, 0.15) is 11.6 Å². The number of aromatic hydroxyl groups is 1. The van der Waals surface area contributed by atoms with Gasteiger partial charge in [-0.1, -0.05) is 19.1 Å². The number of likely N-dealkylation sites (N-methyl/N-ethyl adjacent to an activating group) is 1. The Kier molecular flexibility index (Phi) is 4.34. The molecule has 124 valence electrons. The summed E-state index contributed by atoms with van der Waals surface area (Å²) in [5.74, 6) is 0.820. The molecule has 1 fully saturated rings. The van der Waals surface area contributed by atoms with E-state index in [1.807, 2.05) is 12.1 Å². The van der Waals surface area contributed by atoms with Gasteiger partial charge in [0.15, 0.2) is 0 Å². The second-order valence-corrected chi connectivity index (χ2v) is 6.04. The zero-order valence-electron chi connectivity index (χ0n) is 13.5. The minimum absolute atomic E-state index is 0.177. The Hall–Kier alpha value is -2.34. The van der Waals surface area contributed by atoms with E-state index in [9.17, 15) is 5.11 Å². The lowest BCUT2D eigenvalue weighted by Gasteiger charge is -2.46. The summed E-state index contributed by atoms with van der Waals surface area (Å²) in [5, 5.41) is 13.2. The molecule has 1 atom stereocenters. The Morgan fingerprint density at radius 2 is 2.17 bits per heavy atom. The first kappa shape index (κ1) is 15.6. The first-order chi connectivity index (χ1) is 11.1. The highest BCUT2D eigenvalue weighted by Crippen LogP contribution is 2.26. The van der Waals surface area contributed by atoms with Gasteiger partial charge in [-0.2, -0.15) is 0 Å². The van der Waals surface area contributed by atoms with Gasteiger partial charge in [-0.05, 0) is 24.8 Å². The van der Waals surface area contributed by atoms with Crippen LogP contribution in [-0.4, -0.2) is 53.7 Å². The number of para-hydroxylation sites is 1.